The van der Waals surface area contributed by atoms with Crippen molar-refractivity contribution < 1.29 is 4.74 Å². The van der Waals surface area contributed by atoms with Crippen molar-refractivity contribution in [3.05, 3.63) is 24.3 Å². The van der Waals surface area contributed by atoms with E-state index in [1.165, 1.54) is 0 Å². The van der Waals surface area contributed by atoms with Gasteiger partial charge in [0.1, 0.15) is 5.75 Å². The summed E-state index contributed by atoms with van der Waals surface area (Å²) in [5.41, 5.74) is 1.06. The van der Waals surface area contributed by atoms with Gasteiger partial charge >= 0.3 is 0 Å². The minimum absolute atomic E-state index is 0.346. The standard InChI is InChI=1S/C13H18N2OS/c1-10(2)14-13(17)15-8-5-9-16-12-7-4-3-6-11(12)15/h3-4,6-7,10H,5,8-9H2,1-2H3,(H,14,17). The van der Waals surface area contributed by atoms with E-state index in [2.05, 4.69) is 30.1 Å². The highest BCUT2D eigenvalue weighted by molar-refractivity contribution is 7.80. The Morgan fingerprint density at radius 3 is 2.94 bits per heavy atom. The molecule has 0 saturated heterocycles. The molecule has 0 spiro atoms. The van der Waals surface area contributed by atoms with Crippen LogP contribution in [0.15, 0.2) is 24.3 Å². The molecule has 17 heavy (non-hydrogen) atoms. The molecule has 2 rings (SSSR count). The van der Waals surface area contributed by atoms with Gasteiger partial charge in [0.25, 0.3) is 0 Å². The normalized spacial score (nSPS) is 14.9. The van der Waals surface area contributed by atoms with Crippen LogP contribution in [0.5, 0.6) is 5.75 Å². The number of nitrogens with one attached hydrogen (secondary N) is 1. The van der Waals surface area contributed by atoms with Crippen LogP contribution in [0.2, 0.25) is 0 Å². The van der Waals surface area contributed by atoms with Gasteiger partial charge in [-0.1, -0.05) is 12.1 Å². The largest absolute Gasteiger partial charge is 0.491 e. The minimum atomic E-state index is 0.346. The number of benzene rings is 1. The van der Waals surface area contributed by atoms with Gasteiger partial charge in [0.2, 0.25) is 0 Å². The molecule has 1 N–H and O–H groups in total. The Morgan fingerprint density at radius 1 is 1.41 bits per heavy atom. The minimum Gasteiger partial charge on any atom is -0.491 e. The van der Waals surface area contributed by atoms with Crippen molar-refractivity contribution in [1.82, 2.24) is 5.32 Å². The predicted octanol–water partition coefficient (Wildman–Crippen LogP) is 2.56. The SMILES string of the molecule is CC(C)NC(=S)N1CCCOc2ccccc21. The van der Waals surface area contributed by atoms with Crippen molar-refractivity contribution in [3.63, 3.8) is 0 Å². The van der Waals surface area contributed by atoms with Crippen LogP contribution in [0.25, 0.3) is 0 Å². The number of hydrogen-bond donors (Lipinski definition) is 1. The zero-order valence-electron chi connectivity index (χ0n) is 10.3. The monoisotopic (exact) mass is 250 g/mol. The highest BCUT2D eigenvalue weighted by Crippen LogP contribution is 2.30. The zero-order valence-corrected chi connectivity index (χ0v) is 11.1. The quantitative estimate of drug-likeness (QED) is 0.774. The maximum absolute atomic E-state index is 5.70. The average Bonchev–Trinajstić information content (AvgIpc) is 2.50. The summed E-state index contributed by atoms with van der Waals surface area (Å²) in [4.78, 5) is 2.12. The Kier molecular flexibility index (Phi) is 3.84. The topological polar surface area (TPSA) is 24.5 Å². The Morgan fingerprint density at radius 2 is 2.18 bits per heavy atom. The number of nitrogens with zero attached hydrogens (tertiary/aromatic N) is 1. The molecular formula is C13H18N2OS. The maximum atomic E-state index is 5.70. The second kappa shape index (κ2) is 5.36. The van der Waals surface area contributed by atoms with Crippen LogP contribution in [-0.2, 0) is 0 Å². The van der Waals surface area contributed by atoms with Crippen LogP contribution in [0, 0.1) is 0 Å². The Hall–Kier alpha value is -1.29. The van der Waals surface area contributed by atoms with Crippen LogP contribution in [0.4, 0.5) is 5.69 Å². The van der Waals surface area contributed by atoms with Crippen LogP contribution in [0.3, 0.4) is 0 Å². The molecule has 0 aliphatic carbocycles. The summed E-state index contributed by atoms with van der Waals surface area (Å²) in [6.45, 7) is 5.83. The van der Waals surface area contributed by atoms with Gasteiger partial charge in [-0.25, -0.2) is 0 Å². The number of para-hydroxylation sites is 2. The molecule has 0 atom stereocenters. The highest BCUT2D eigenvalue weighted by Gasteiger charge is 2.19. The lowest BCUT2D eigenvalue weighted by atomic mass is 10.2. The lowest BCUT2D eigenvalue weighted by Crippen LogP contribution is -2.43. The second-order valence-corrected chi connectivity index (χ2v) is 4.81. The third-order valence-corrected chi connectivity index (χ3v) is 2.94. The molecule has 0 aromatic heterocycles. The molecule has 1 aromatic carbocycles. The summed E-state index contributed by atoms with van der Waals surface area (Å²) in [6.07, 6.45) is 0.981. The Labute approximate surface area is 108 Å². The molecule has 3 nitrogen and oxygen atoms in total. The van der Waals surface area contributed by atoms with E-state index >= 15 is 0 Å². The van der Waals surface area contributed by atoms with E-state index in [1.54, 1.807) is 0 Å². The van der Waals surface area contributed by atoms with E-state index in [1.807, 2.05) is 18.2 Å². The van der Waals surface area contributed by atoms with E-state index in [9.17, 15) is 0 Å². The molecule has 0 amide bonds. The summed E-state index contributed by atoms with van der Waals surface area (Å²) >= 11 is 5.45. The smallest absolute Gasteiger partial charge is 0.173 e. The van der Waals surface area contributed by atoms with Crippen molar-refractivity contribution in [3.8, 4) is 5.75 Å². The Bertz CT molecular complexity index is 406. The van der Waals surface area contributed by atoms with Gasteiger partial charge in [0, 0.05) is 12.6 Å². The first-order valence-corrected chi connectivity index (χ1v) is 6.39. The van der Waals surface area contributed by atoms with Gasteiger partial charge in [0.15, 0.2) is 5.11 Å². The van der Waals surface area contributed by atoms with E-state index in [0.29, 0.717) is 6.04 Å². The number of ether oxygens (including phenoxy) is 1. The fraction of sp³-hybridized carbons (Fsp3) is 0.462. The molecule has 1 aliphatic heterocycles. The molecule has 0 unspecified atom stereocenters. The average molecular weight is 250 g/mol. The molecule has 1 aliphatic rings. The van der Waals surface area contributed by atoms with E-state index in [4.69, 9.17) is 17.0 Å². The number of rotatable bonds is 1. The number of anilines is 1. The highest BCUT2D eigenvalue weighted by atomic mass is 32.1. The first-order chi connectivity index (χ1) is 8.18. The van der Waals surface area contributed by atoms with Gasteiger partial charge in [-0.3, -0.25) is 0 Å². The molecule has 0 fully saturated rings. The summed E-state index contributed by atoms with van der Waals surface area (Å²) in [6, 6.07) is 8.39. The fourth-order valence-corrected chi connectivity index (χ4v) is 2.29. The lowest BCUT2D eigenvalue weighted by molar-refractivity contribution is 0.322. The lowest BCUT2D eigenvalue weighted by Gasteiger charge is -2.26. The number of fused-ring (bicyclic) bond motifs is 1. The van der Waals surface area contributed by atoms with E-state index in [-0.39, 0.29) is 0 Å². The molecule has 4 heteroatoms. The predicted molar refractivity (Wildman–Crippen MR) is 74.8 cm³/mol. The third kappa shape index (κ3) is 2.88. The van der Waals surface area contributed by atoms with Crippen molar-refractivity contribution in [2.45, 2.75) is 26.3 Å². The van der Waals surface area contributed by atoms with E-state index in [0.717, 1.165) is 36.1 Å². The van der Waals surface area contributed by atoms with Crippen LogP contribution in [-0.4, -0.2) is 24.3 Å². The van der Waals surface area contributed by atoms with Crippen molar-refractivity contribution in [2.75, 3.05) is 18.1 Å². The van der Waals surface area contributed by atoms with Gasteiger partial charge in [-0.15, -0.1) is 0 Å². The summed E-state index contributed by atoms with van der Waals surface area (Å²) in [5, 5.41) is 4.06. The summed E-state index contributed by atoms with van der Waals surface area (Å²) in [7, 11) is 0. The zero-order chi connectivity index (χ0) is 12.3. The van der Waals surface area contributed by atoms with Crippen molar-refractivity contribution >= 4 is 23.0 Å². The molecule has 1 aromatic rings. The first kappa shape index (κ1) is 12.2. The number of hydrogen-bond acceptors (Lipinski definition) is 2. The fourth-order valence-electron chi connectivity index (χ4n) is 1.86. The molecular weight excluding hydrogens is 232 g/mol. The van der Waals surface area contributed by atoms with Gasteiger partial charge in [-0.05, 0) is 44.6 Å². The maximum Gasteiger partial charge on any atom is 0.173 e. The second-order valence-electron chi connectivity index (χ2n) is 4.43. The van der Waals surface area contributed by atoms with Crippen molar-refractivity contribution in [2.24, 2.45) is 0 Å². The molecule has 1 heterocycles. The molecule has 0 radical (unpaired) electrons. The van der Waals surface area contributed by atoms with E-state index < -0.39 is 0 Å². The van der Waals surface area contributed by atoms with Crippen molar-refractivity contribution in [1.29, 1.82) is 0 Å². The van der Waals surface area contributed by atoms with Gasteiger partial charge in [-0.2, -0.15) is 0 Å². The summed E-state index contributed by atoms with van der Waals surface area (Å²) < 4.78 is 5.70. The Balaban J connectivity index is 2.25. The molecule has 0 bridgehead atoms. The van der Waals surface area contributed by atoms with Crippen LogP contribution >= 0.6 is 12.2 Å². The van der Waals surface area contributed by atoms with Crippen LogP contribution in [0.1, 0.15) is 20.3 Å². The van der Waals surface area contributed by atoms with Gasteiger partial charge < -0.3 is 15.0 Å². The molecule has 0 saturated carbocycles. The summed E-state index contributed by atoms with van der Waals surface area (Å²) in [5.74, 6) is 0.915. The molecule has 92 valence electrons. The third-order valence-electron chi connectivity index (χ3n) is 2.60. The van der Waals surface area contributed by atoms with Crippen LogP contribution < -0.4 is 15.0 Å². The number of thiocarbonyl (C=S) groups is 1. The first-order valence-electron chi connectivity index (χ1n) is 5.98. The van der Waals surface area contributed by atoms with Gasteiger partial charge in [0.05, 0.1) is 12.3 Å².